The minimum atomic E-state index is -0.850. The summed E-state index contributed by atoms with van der Waals surface area (Å²) in [5.74, 6) is 0.699. The van der Waals surface area contributed by atoms with Gasteiger partial charge in [0, 0.05) is 6.54 Å². The normalized spacial score (nSPS) is 24.1. The molecule has 1 aliphatic carbocycles. The van der Waals surface area contributed by atoms with E-state index in [0.29, 0.717) is 12.5 Å². The lowest BCUT2D eigenvalue weighted by Crippen LogP contribution is -2.45. The fourth-order valence-electron chi connectivity index (χ4n) is 5.22. The second kappa shape index (κ2) is 8.12. The number of nitrogens with zero attached hydrogens (tertiary/aromatic N) is 3. The van der Waals surface area contributed by atoms with Gasteiger partial charge in [-0.15, -0.1) is 0 Å². The average molecular weight is 417 g/mol. The van der Waals surface area contributed by atoms with Crippen LogP contribution in [0.3, 0.4) is 0 Å². The van der Waals surface area contributed by atoms with Gasteiger partial charge >= 0.3 is 0 Å². The number of guanidine groups is 1. The van der Waals surface area contributed by atoms with E-state index in [1.165, 1.54) is 31.5 Å². The Morgan fingerprint density at radius 2 is 1.74 bits per heavy atom. The predicted octanol–water partition coefficient (Wildman–Crippen LogP) is 3.91. The fraction of sp³-hybridized carbons (Fsp3) is 0.462. The van der Waals surface area contributed by atoms with E-state index in [9.17, 15) is 4.79 Å². The molecule has 3 aliphatic rings. The zero-order valence-electron chi connectivity index (χ0n) is 18.4. The molecule has 5 heteroatoms. The van der Waals surface area contributed by atoms with Crippen molar-refractivity contribution >= 4 is 11.9 Å². The first kappa shape index (κ1) is 20.3. The minimum absolute atomic E-state index is 0.0651. The van der Waals surface area contributed by atoms with Gasteiger partial charge in [0.05, 0.1) is 0 Å². The van der Waals surface area contributed by atoms with E-state index in [-0.39, 0.29) is 11.8 Å². The third-order valence-electron chi connectivity index (χ3n) is 7.02. The van der Waals surface area contributed by atoms with Gasteiger partial charge in [0.15, 0.2) is 11.5 Å². The van der Waals surface area contributed by atoms with Gasteiger partial charge in [-0.25, -0.2) is 4.99 Å². The van der Waals surface area contributed by atoms with E-state index < -0.39 is 5.54 Å². The van der Waals surface area contributed by atoms with Crippen LogP contribution < -0.4 is 5.73 Å². The second-order valence-corrected chi connectivity index (χ2v) is 9.32. The van der Waals surface area contributed by atoms with Crippen LogP contribution in [-0.4, -0.2) is 47.8 Å². The number of hydrogen-bond donors (Lipinski definition) is 1. The molecule has 1 saturated carbocycles. The van der Waals surface area contributed by atoms with Crippen LogP contribution in [0.2, 0.25) is 0 Å². The summed E-state index contributed by atoms with van der Waals surface area (Å²) in [6.45, 7) is 6.13. The van der Waals surface area contributed by atoms with E-state index in [2.05, 4.69) is 54.3 Å². The Hall–Kier alpha value is -2.66. The van der Waals surface area contributed by atoms with Crippen LogP contribution in [0, 0.1) is 12.8 Å². The molecule has 0 bridgehead atoms. The number of aryl methyl sites for hydroxylation is 1. The van der Waals surface area contributed by atoms with E-state index in [1.54, 1.807) is 4.90 Å². The molecule has 1 amide bonds. The van der Waals surface area contributed by atoms with Crippen molar-refractivity contribution in [3.63, 3.8) is 0 Å². The molecular formula is C26H32N4O. The number of amides is 1. The van der Waals surface area contributed by atoms with Gasteiger partial charge in [-0.05, 0) is 87.3 Å². The lowest BCUT2D eigenvalue weighted by Gasteiger charge is -2.27. The Morgan fingerprint density at radius 3 is 2.45 bits per heavy atom. The molecule has 1 unspecified atom stereocenters. The lowest BCUT2D eigenvalue weighted by atomic mass is 9.83. The van der Waals surface area contributed by atoms with Gasteiger partial charge in [-0.2, -0.15) is 0 Å². The van der Waals surface area contributed by atoms with Crippen LogP contribution >= 0.6 is 0 Å². The molecule has 0 spiro atoms. The number of benzene rings is 2. The Bertz CT molecular complexity index is 1010. The third-order valence-corrected chi connectivity index (χ3v) is 7.02. The Balaban J connectivity index is 1.41. The quantitative estimate of drug-likeness (QED) is 0.744. The molecule has 0 radical (unpaired) electrons. The summed E-state index contributed by atoms with van der Waals surface area (Å²) in [7, 11) is 0. The molecule has 1 atom stereocenters. The zero-order valence-corrected chi connectivity index (χ0v) is 18.4. The Morgan fingerprint density at radius 1 is 1.03 bits per heavy atom. The van der Waals surface area contributed by atoms with Crippen molar-refractivity contribution in [2.75, 3.05) is 26.2 Å². The number of carbonyl (C=O) groups is 1. The Kier molecular flexibility index (Phi) is 5.30. The van der Waals surface area contributed by atoms with Gasteiger partial charge < -0.3 is 10.6 Å². The van der Waals surface area contributed by atoms with Crippen molar-refractivity contribution in [2.24, 2.45) is 16.6 Å². The van der Waals surface area contributed by atoms with Crippen molar-refractivity contribution in [2.45, 2.75) is 44.6 Å². The van der Waals surface area contributed by atoms with E-state index in [1.807, 2.05) is 6.07 Å². The van der Waals surface area contributed by atoms with Gasteiger partial charge in [-0.1, -0.05) is 48.0 Å². The first-order chi connectivity index (χ1) is 15.1. The smallest absolute Gasteiger partial charge is 0.262 e. The van der Waals surface area contributed by atoms with Crippen LogP contribution in [0.4, 0.5) is 0 Å². The summed E-state index contributed by atoms with van der Waals surface area (Å²) in [6.07, 6.45) is 5.56. The first-order valence-corrected chi connectivity index (χ1v) is 11.7. The highest BCUT2D eigenvalue weighted by atomic mass is 16.2. The molecule has 5 nitrogen and oxygen atoms in total. The highest BCUT2D eigenvalue weighted by Crippen LogP contribution is 2.52. The molecule has 0 aromatic heterocycles. The highest BCUT2D eigenvalue weighted by Gasteiger charge is 2.57. The highest BCUT2D eigenvalue weighted by molar-refractivity contribution is 6.07. The lowest BCUT2D eigenvalue weighted by molar-refractivity contribution is -0.132. The van der Waals surface area contributed by atoms with Gasteiger partial charge in [-0.3, -0.25) is 9.69 Å². The minimum Gasteiger partial charge on any atom is -0.369 e. The molecule has 2 aromatic rings. The molecule has 1 saturated heterocycles. The molecule has 2 aromatic carbocycles. The standard InChI is InChI=1S/C26H32N4O/c1-19-7-4-8-20(17-19)21-9-5-10-23(18-21)26(22-11-12-22)24(31)30(25(27)28-26)16-6-15-29-13-2-3-14-29/h4-5,7-10,17-18,22H,2-3,6,11-16H2,1H3,(H2,27,28). The van der Waals surface area contributed by atoms with Gasteiger partial charge in [0.25, 0.3) is 5.91 Å². The van der Waals surface area contributed by atoms with E-state index >= 15 is 0 Å². The summed E-state index contributed by atoms with van der Waals surface area (Å²) < 4.78 is 0. The monoisotopic (exact) mass is 416 g/mol. The van der Waals surface area contributed by atoms with Crippen molar-refractivity contribution < 1.29 is 4.79 Å². The topological polar surface area (TPSA) is 61.9 Å². The second-order valence-electron chi connectivity index (χ2n) is 9.32. The summed E-state index contributed by atoms with van der Waals surface area (Å²) in [6, 6.07) is 16.8. The maximum Gasteiger partial charge on any atom is 0.262 e. The molecule has 2 fully saturated rings. The molecule has 2 aliphatic heterocycles. The van der Waals surface area contributed by atoms with Crippen LogP contribution in [0.5, 0.6) is 0 Å². The van der Waals surface area contributed by atoms with E-state index in [0.717, 1.165) is 42.5 Å². The zero-order chi connectivity index (χ0) is 21.4. The molecule has 162 valence electrons. The number of hydrogen-bond acceptors (Lipinski definition) is 4. The molecular weight excluding hydrogens is 384 g/mol. The maximum absolute atomic E-state index is 13.8. The maximum atomic E-state index is 13.8. The fourth-order valence-corrected chi connectivity index (χ4v) is 5.22. The van der Waals surface area contributed by atoms with Gasteiger partial charge in [0.1, 0.15) is 0 Å². The van der Waals surface area contributed by atoms with Crippen LogP contribution in [0.15, 0.2) is 53.5 Å². The third kappa shape index (κ3) is 3.76. The van der Waals surface area contributed by atoms with Crippen molar-refractivity contribution in [1.29, 1.82) is 0 Å². The molecule has 31 heavy (non-hydrogen) atoms. The summed E-state index contributed by atoms with van der Waals surface area (Å²) in [5, 5.41) is 0. The SMILES string of the molecule is Cc1cccc(-c2cccc(C3(C4CC4)N=C(N)N(CCCN4CCCC4)C3=O)c2)c1. The van der Waals surface area contributed by atoms with Crippen LogP contribution in [0.1, 0.15) is 43.2 Å². The number of carbonyl (C=O) groups excluding carboxylic acids is 1. The average Bonchev–Trinajstić information content (AvgIpc) is 3.44. The predicted molar refractivity (Wildman–Crippen MR) is 125 cm³/mol. The largest absolute Gasteiger partial charge is 0.369 e. The Labute approximate surface area is 184 Å². The molecule has 2 heterocycles. The summed E-state index contributed by atoms with van der Waals surface area (Å²) in [5.41, 5.74) is 9.99. The van der Waals surface area contributed by atoms with E-state index in [4.69, 9.17) is 10.7 Å². The molecule has 5 rings (SSSR count). The van der Waals surface area contributed by atoms with Crippen molar-refractivity contribution in [3.05, 3.63) is 59.7 Å². The van der Waals surface area contributed by atoms with Crippen LogP contribution in [-0.2, 0) is 10.3 Å². The summed E-state index contributed by atoms with van der Waals surface area (Å²) >= 11 is 0. The van der Waals surface area contributed by atoms with Crippen LogP contribution in [0.25, 0.3) is 11.1 Å². The number of rotatable bonds is 7. The van der Waals surface area contributed by atoms with Crippen molar-refractivity contribution in [1.82, 2.24) is 9.80 Å². The van der Waals surface area contributed by atoms with Crippen molar-refractivity contribution in [3.8, 4) is 11.1 Å². The molecule has 2 N–H and O–H groups in total. The number of likely N-dealkylation sites (tertiary alicyclic amines) is 1. The van der Waals surface area contributed by atoms with Gasteiger partial charge in [0.2, 0.25) is 0 Å². The number of aliphatic imine (C=N–C) groups is 1. The number of nitrogens with two attached hydrogens (primary N) is 1. The first-order valence-electron chi connectivity index (χ1n) is 11.7. The summed E-state index contributed by atoms with van der Waals surface area (Å²) in [4.78, 5) is 22.9.